The summed E-state index contributed by atoms with van der Waals surface area (Å²) in [4.78, 5) is 75.0. The fraction of sp³-hybridized carbons (Fsp3) is 0.588. The van der Waals surface area contributed by atoms with E-state index in [0.717, 1.165) is 0 Å². The number of hydrogen-bond acceptors (Lipinski definition) is 14. The molecule has 3 fully saturated rings. The second-order valence-corrected chi connectivity index (χ2v) is 12.6. The number of esters is 4. The van der Waals surface area contributed by atoms with Gasteiger partial charge in [0.25, 0.3) is 5.72 Å². The number of rotatable bonds is 18. The number of ether oxygens (including phenoxy) is 8. The molecule has 1 atom stereocenters. The molecule has 2 aliphatic heterocycles. The van der Waals surface area contributed by atoms with Gasteiger partial charge in [-0.3, -0.25) is 14.5 Å². The third-order valence-electron chi connectivity index (χ3n) is 8.09. The van der Waals surface area contributed by atoms with Crippen molar-refractivity contribution in [3.8, 4) is 0 Å². The van der Waals surface area contributed by atoms with Crippen LogP contribution in [-0.4, -0.2) is 104 Å². The summed E-state index contributed by atoms with van der Waals surface area (Å²) in [6.45, 7) is 19.6. The van der Waals surface area contributed by atoms with Crippen LogP contribution in [0, 0.1) is 0 Å². The van der Waals surface area contributed by atoms with Crippen LogP contribution >= 0.6 is 0 Å². The average Bonchev–Trinajstić information content (AvgIpc) is 3.01. The van der Waals surface area contributed by atoms with Crippen LogP contribution in [0.4, 0.5) is 9.59 Å². The topological polar surface area (TPSA) is 192 Å². The normalized spacial score (nSPS) is 21.8. The first-order chi connectivity index (χ1) is 23.4. The summed E-state index contributed by atoms with van der Waals surface area (Å²) in [6, 6.07) is -0.387. The van der Waals surface area contributed by atoms with Crippen LogP contribution in [-0.2, 0) is 57.1 Å². The van der Waals surface area contributed by atoms with E-state index < -0.39 is 79.5 Å². The van der Waals surface area contributed by atoms with Crippen molar-refractivity contribution in [3.05, 3.63) is 49.0 Å². The molecule has 3 aliphatic rings. The minimum absolute atomic E-state index is 0.0588. The minimum Gasteiger partial charge on any atom is -0.456 e. The Kier molecular flexibility index (Phi) is 13.7. The molecule has 1 unspecified atom stereocenters. The summed E-state index contributed by atoms with van der Waals surface area (Å²) >= 11 is 0. The van der Waals surface area contributed by atoms with Gasteiger partial charge in [-0.2, -0.15) is 0 Å². The van der Waals surface area contributed by atoms with Gasteiger partial charge in [-0.25, -0.2) is 19.2 Å². The van der Waals surface area contributed by atoms with Gasteiger partial charge in [0.1, 0.15) is 6.10 Å². The number of alkyl carbamates (subject to hydrolysis) is 1. The van der Waals surface area contributed by atoms with Crippen LogP contribution in [0.5, 0.6) is 0 Å². The van der Waals surface area contributed by atoms with Gasteiger partial charge >= 0.3 is 36.1 Å². The van der Waals surface area contributed by atoms with Crippen LogP contribution in [0.1, 0.15) is 66.2 Å². The fourth-order valence-corrected chi connectivity index (χ4v) is 5.51. The van der Waals surface area contributed by atoms with Gasteiger partial charge in [0.2, 0.25) is 0 Å². The summed E-state index contributed by atoms with van der Waals surface area (Å²) in [7, 11) is 0. The zero-order valence-electron chi connectivity index (χ0n) is 29.0. The molecule has 2 heterocycles. The maximum atomic E-state index is 12.8. The van der Waals surface area contributed by atoms with E-state index in [0.29, 0.717) is 25.7 Å². The lowest BCUT2D eigenvalue weighted by molar-refractivity contribution is -0.238. The molecular weight excluding hydrogens is 660 g/mol. The highest BCUT2D eigenvalue weighted by Gasteiger charge is 2.56. The minimum atomic E-state index is -1.53. The molecule has 1 spiro atoms. The van der Waals surface area contributed by atoms with Crippen molar-refractivity contribution < 1.29 is 66.7 Å². The van der Waals surface area contributed by atoms with Crippen molar-refractivity contribution in [2.75, 3.05) is 33.0 Å². The number of nitrogens with one attached hydrogen (secondary N) is 1. The molecule has 1 aliphatic carbocycles. The van der Waals surface area contributed by atoms with Gasteiger partial charge in [0.05, 0.1) is 61.9 Å². The number of hydrogen-bond donors (Lipinski definition) is 1. The first-order valence-electron chi connectivity index (χ1n) is 16.1. The predicted molar refractivity (Wildman–Crippen MR) is 173 cm³/mol. The molecule has 0 bridgehead atoms. The molecule has 16 nitrogen and oxygen atoms in total. The number of amides is 2. The Morgan fingerprint density at radius 3 is 1.82 bits per heavy atom. The maximum Gasteiger partial charge on any atom is 0.415 e. The molecule has 2 saturated heterocycles. The van der Waals surface area contributed by atoms with E-state index in [9.17, 15) is 28.8 Å². The molecule has 276 valence electrons. The van der Waals surface area contributed by atoms with Gasteiger partial charge in [0.15, 0.2) is 13.2 Å². The van der Waals surface area contributed by atoms with Crippen molar-refractivity contribution in [2.45, 2.75) is 95.8 Å². The summed E-state index contributed by atoms with van der Waals surface area (Å²) in [5.74, 6) is -2.55. The SMILES string of the molecule is C=C(C)OC(=O)CC(CC(=O)OC(=C)C)OC(=O)NC1COC12CCC(OCCN1C(=O)OC1(COC(=O)C(=C)C)COC(=O)C(=C)C)CC2. The number of carbonyl (C=O) groups excluding carboxylic acids is 6. The highest BCUT2D eigenvalue weighted by atomic mass is 16.7. The lowest BCUT2D eigenvalue weighted by Gasteiger charge is -2.52. The molecule has 0 aromatic carbocycles. The molecule has 50 heavy (non-hydrogen) atoms. The van der Waals surface area contributed by atoms with Crippen molar-refractivity contribution >= 4 is 36.1 Å². The summed E-state index contributed by atoms with van der Waals surface area (Å²) in [5, 5.41) is 2.78. The smallest absolute Gasteiger partial charge is 0.415 e. The lowest BCUT2D eigenvalue weighted by atomic mass is 9.75. The molecule has 3 rings (SSSR count). The Bertz CT molecular complexity index is 1340. The van der Waals surface area contributed by atoms with E-state index in [2.05, 4.69) is 31.6 Å². The molecular formula is C34H46N2O14. The molecule has 1 N–H and O–H groups in total. The maximum absolute atomic E-state index is 12.8. The zero-order chi connectivity index (χ0) is 37.2. The molecule has 2 amide bonds. The quantitative estimate of drug-likeness (QED) is 0.0943. The Labute approximate surface area is 290 Å². The predicted octanol–water partition coefficient (Wildman–Crippen LogP) is 3.50. The second kappa shape index (κ2) is 17.3. The van der Waals surface area contributed by atoms with Gasteiger partial charge < -0.3 is 43.2 Å². The van der Waals surface area contributed by atoms with E-state index in [-0.39, 0.29) is 54.6 Å². The fourth-order valence-electron chi connectivity index (χ4n) is 5.51. The molecule has 0 radical (unpaired) electrons. The number of cyclic esters (lactones) is 1. The standard InChI is InChI=1S/C34H46N2O14/c1-20(2)29(39)44-18-34(19-45-30(40)21(3)4)36(32(42)50-34)13-14-43-24-9-11-33(12-10-24)26(17-46-33)35-31(41)49-25(15-27(37)47-22(5)6)16-28(38)48-23(7)8/h24-26H,1,3,5,7,9-19H2,2,4,6,8H3,(H,35,41). The second-order valence-electron chi connectivity index (χ2n) is 12.6. The summed E-state index contributed by atoms with van der Waals surface area (Å²) < 4.78 is 43.1. The van der Waals surface area contributed by atoms with E-state index in [1.807, 2.05) is 0 Å². The first kappa shape index (κ1) is 39.7. The third-order valence-corrected chi connectivity index (χ3v) is 8.09. The van der Waals surface area contributed by atoms with Gasteiger partial charge in [-0.05, 0) is 53.4 Å². The Hall–Kier alpha value is -4.70. The van der Waals surface area contributed by atoms with Crippen molar-refractivity contribution in [1.82, 2.24) is 10.2 Å². The lowest BCUT2D eigenvalue weighted by Crippen LogP contribution is -2.71. The van der Waals surface area contributed by atoms with Crippen molar-refractivity contribution in [2.24, 2.45) is 0 Å². The van der Waals surface area contributed by atoms with Gasteiger partial charge in [-0.1, -0.05) is 26.3 Å². The highest BCUT2D eigenvalue weighted by molar-refractivity contribution is 5.88. The third kappa shape index (κ3) is 10.9. The van der Waals surface area contributed by atoms with Crippen LogP contribution in [0.2, 0.25) is 0 Å². The first-order valence-corrected chi connectivity index (χ1v) is 16.1. The largest absolute Gasteiger partial charge is 0.456 e. The van der Waals surface area contributed by atoms with E-state index >= 15 is 0 Å². The van der Waals surface area contributed by atoms with Crippen molar-refractivity contribution in [1.29, 1.82) is 0 Å². The van der Waals surface area contributed by atoms with E-state index in [4.69, 9.17) is 37.9 Å². The van der Waals surface area contributed by atoms with Gasteiger partial charge in [-0.15, -0.1) is 0 Å². The Morgan fingerprint density at radius 2 is 1.40 bits per heavy atom. The van der Waals surface area contributed by atoms with E-state index in [1.54, 1.807) is 0 Å². The highest BCUT2D eigenvalue weighted by Crippen LogP contribution is 2.42. The molecule has 0 aromatic rings. The van der Waals surface area contributed by atoms with Gasteiger partial charge in [0, 0.05) is 11.1 Å². The van der Waals surface area contributed by atoms with E-state index in [1.165, 1.54) is 32.6 Å². The Balaban J connectivity index is 1.50. The zero-order valence-corrected chi connectivity index (χ0v) is 29.0. The molecule has 16 heteroatoms. The number of nitrogens with zero attached hydrogens (tertiary/aromatic N) is 1. The van der Waals surface area contributed by atoms with Crippen LogP contribution in [0.3, 0.4) is 0 Å². The van der Waals surface area contributed by atoms with Crippen LogP contribution in [0.25, 0.3) is 0 Å². The van der Waals surface area contributed by atoms with Crippen LogP contribution < -0.4 is 5.32 Å². The monoisotopic (exact) mass is 706 g/mol. The van der Waals surface area contributed by atoms with Crippen LogP contribution in [0.15, 0.2) is 49.0 Å². The average molecular weight is 707 g/mol. The summed E-state index contributed by atoms with van der Waals surface area (Å²) in [6.07, 6.45) is -1.41. The van der Waals surface area contributed by atoms with Crippen molar-refractivity contribution in [3.63, 3.8) is 0 Å². The number of carbonyl (C=O) groups is 6. The molecule has 0 aromatic heterocycles. The number of allylic oxidation sites excluding steroid dienone is 2. The summed E-state index contributed by atoms with van der Waals surface area (Å²) in [5.41, 5.74) is -1.89. The Morgan fingerprint density at radius 1 is 0.880 bits per heavy atom. The molecule has 1 saturated carbocycles.